The van der Waals surface area contributed by atoms with Crippen LogP contribution < -0.4 is 5.32 Å². The molecule has 1 rings (SSSR count). The molecule has 0 aliphatic heterocycles. The van der Waals surface area contributed by atoms with Crippen molar-refractivity contribution in [1.82, 2.24) is 5.32 Å². The maximum atomic E-state index is 9.55. The van der Waals surface area contributed by atoms with Gasteiger partial charge in [-0.25, -0.2) is 0 Å². The van der Waals surface area contributed by atoms with Gasteiger partial charge in [0.25, 0.3) is 0 Å². The number of hydrogen-bond donors (Lipinski definition) is 2. The molecule has 0 radical (unpaired) electrons. The Morgan fingerprint density at radius 3 is 2.69 bits per heavy atom. The maximum absolute atomic E-state index is 9.55. The molecule has 0 saturated heterocycles. The summed E-state index contributed by atoms with van der Waals surface area (Å²) in [6.45, 7) is 7.13. The van der Waals surface area contributed by atoms with Crippen LogP contribution >= 0.6 is 11.8 Å². The molecule has 1 fully saturated rings. The Labute approximate surface area is 105 Å². The van der Waals surface area contributed by atoms with Gasteiger partial charge in [-0.15, -0.1) is 0 Å². The molecule has 0 aromatic heterocycles. The second kappa shape index (κ2) is 6.87. The van der Waals surface area contributed by atoms with Crippen molar-refractivity contribution < 1.29 is 5.11 Å². The Hall–Kier alpha value is 0.270. The maximum Gasteiger partial charge on any atom is 0.0681 e. The molecule has 0 heterocycles. The van der Waals surface area contributed by atoms with E-state index in [1.165, 1.54) is 25.7 Å². The minimum absolute atomic E-state index is 0.522. The van der Waals surface area contributed by atoms with Gasteiger partial charge in [0.05, 0.1) is 5.60 Å². The molecule has 96 valence electrons. The number of thioether (sulfide) groups is 1. The lowest BCUT2D eigenvalue weighted by Crippen LogP contribution is -2.29. The molecule has 0 spiro atoms. The van der Waals surface area contributed by atoms with Crippen molar-refractivity contribution in [2.75, 3.05) is 18.1 Å². The van der Waals surface area contributed by atoms with Gasteiger partial charge in [0, 0.05) is 24.1 Å². The fourth-order valence-corrected chi connectivity index (χ4v) is 3.19. The van der Waals surface area contributed by atoms with Crippen LogP contribution in [0.1, 0.15) is 46.5 Å². The molecule has 2 N–H and O–H groups in total. The topological polar surface area (TPSA) is 32.3 Å². The molecule has 1 saturated carbocycles. The van der Waals surface area contributed by atoms with Crippen LogP contribution in [0.25, 0.3) is 0 Å². The van der Waals surface area contributed by atoms with Crippen LogP contribution in [-0.2, 0) is 0 Å². The fraction of sp³-hybridized carbons (Fsp3) is 1.00. The van der Waals surface area contributed by atoms with Crippen LogP contribution in [0.15, 0.2) is 0 Å². The first-order valence-corrected chi connectivity index (χ1v) is 7.70. The van der Waals surface area contributed by atoms with Crippen molar-refractivity contribution >= 4 is 11.8 Å². The molecule has 1 aliphatic carbocycles. The first kappa shape index (κ1) is 14.3. The third-order valence-electron chi connectivity index (χ3n) is 3.25. The van der Waals surface area contributed by atoms with E-state index in [0.717, 1.165) is 30.0 Å². The standard InChI is InChI=1S/C13H27NOS/c1-4-11-5-6-12(9-11)14-7-8-16-10-13(2,3)15/h11-12,14-15H,4-10H2,1-3H3. The zero-order chi connectivity index (χ0) is 12.0. The summed E-state index contributed by atoms with van der Waals surface area (Å²) in [6, 6.07) is 0.757. The largest absolute Gasteiger partial charge is 0.390 e. The molecule has 1 aliphatic rings. The minimum atomic E-state index is -0.522. The van der Waals surface area contributed by atoms with Crippen LogP contribution in [0.4, 0.5) is 0 Å². The van der Waals surface area contributed by atoms with E-state index >= 15 is 0 Å². The van der Waals surface area contributed by atoms with E-state index in [1.54, 1.807) is 0 Å². The summed E-state index contributed by atoms with van der Waals surface area (Å²) < 4.78 is 0. The summed E-state index contributed by atoms with van der Waals surface area (Å²) in [5.41, 5.74) is -0.522. The number of rotatable bonds is 7. The molecule has 2 atom stereocenters. The highest BCUT2D eigenvalue weighted by Gasteiger charge is 2.22. The van der Waals surface area contributed by atoms with Gasteiger partial charge in [0.15, 0.2) is 0 Å². The van der Waals surface area contributed by atoms with Crippen molar-refractivity contribution in [2.24, 2.45) is 5.92 Å². The van der Waals surface area contributed by atoms with E-state index in [2.05, 4.69) is 12.2 Å². The molecule has 2 unspecified atom stereocenters. The van der Waals surface area contributed by atoms with Crippen molar-refractivity contribution in [2.45, 2.75) is 58.1 Å². The molecule has 0 aromatic rings. The lowest BCUT2D eigenvalue weighted by atomic mass is 10.1. The predicted octanol–water partition coefficient (Wildman–Crippen LogP) is 2.66. The molecule has 2 nitrogen and oxygen atoms in total. The van der Waals surface area contributed by atoms with Gasteiger partial charge >= 0.3 is 0 Å². The molecule has 0 aromatic carbocycles. The van der Waals surface area contributed by atoms with E-state index in [0.29, 0.717) is 0 Å². The molecule has 0 bridgehead atoms. The predicted molar refractivity (Wildman–Crippen MR) is 73.0 cm³/mol. The summed E-state index contributed by atoms with van der Waals surface area (Å²) >= 11 is 1.84. The summed E-state index contributed by atoms with van der Waals surface area (Å²) in [5, 5.41) is 13.2. The van der Waals surface area contributed by atoms with Crippen LogP contribution in [0, 0.1) is 5.92 Å². The highest BCUT2D eigenvalue weighted by molar-refractivity contribution is 7.99. The monoisotopic (exact) mass is 245 g/mol. The highest BCUT2D eigenvalue weighted by atomic mass is 32.2. The van der Waals surface area contributed by atoms with Gasteiger partial charge in [-0.3, -0.25) is 0 Å². The normalized spacial score (nSPS) is 26.2. The molecule has 0 amide bonds. The van der Waals surface area contributed by atoms with Crippen molar-refractivity contribution in [3.63, 3.8) is 0 Å². The van der Waals surface area contributed by atoms with Gasteiger partial charge < -0.3 is 10.4 Å². The molecule has 16 heavy (non-hydrogen) atoms. The zero-order valence-corrected chi connectivity index (χ0v) is 11.8. The number of nitrogens with one attached hydrogen (secondary N) is 1. The summed E-state index contributed by atoms with van der Waals surface area (Å²) in [6.07, 6.45) is 5.47. The quantitative estimate of drug-likeness (QED) is 0.676. The van der Waals surface area contributed by atoms with Crippen LogP contribution in [-0.4, -0.2) is 34.8 Å². The van der Waals surface area contributed by atoms with Crippen LogP contribution in [0.5, 0.6) is 0 Å². The third kappa shape index (κ3) is 6.12. The second-order valence-corrected chi connectivity index (χ2v) is 6.71. The average Bonchev–Trinajstić information content (AvgIpc) is 2.63. The van der Waals surface area contributed by atoms with Gasteiger partial charge in [-0.1, -0.05) is 13.3 Å². The van der Waals surface area contributed by atoms with Crippen molar-refractivity contribution in [3.8, 4) is 0 Å². The van der Waals surface area contributed by atoms with Gasteiger partial charge in [-0.2, -0.15) is 11.8 Å². The van der Waals surface area contributed by atoms with Gasteiger partial charge in [0.2, 0.25) is 0 Å². The van der Waals surface area contributed by atoms with Gasteiger partial charge in [-0.05, 0) is 39.0 Å². The average molecular weight is 245 g/mol. The van der Waals surface area contributed by atoms with Crippen LogP contribution in [0.2, 0.25) is 0 Å². The van der Waals surface area contributed by atoms with E-state index in [9.17, 15) is 5.11 Å². The van der Waals surface area contributed by atoms with Crippen LogP contribution in [0.3, 0.4) is 0 Å². The number of hydrogen-bond acceptors (Lipinski definition) is 3. The van der Waals surface area contributed by atoms with Crippen molar-refractivity contribution in [3.05, 3.63) is 0 Å². The fourth-order valence-electron chi connectivity index (χ4n) is 2.29. The molecular weight excluding hydrogens is 218 g/mol. The first-order chi connectivity index (χ1) is 7.51. The summed E-state index contributed by atoms with van der Waals surface area (Å²) in [5.74, 6) is 2.90. The van der Waals surface area contributed by atoms with E-state index in [-0.39, 0.29) is 0 Å². The van der Waals surface area contributed by atoms with E-state index in [1.807, 2.05) is 25.6 Å². The Bertz CT molecular complexity index is 191. The Morgan fingerprint density at radius 2 is 2.12 bits per heavy atom. The summed E-state index contributed by atoms with van der Waals surface area (Å²) in [7, 11) is 0. The van der Waals surface area contributed by atoms with Crippen molar-refractivity contribution in [1.29, 1.82) is 0 Å². The Kier molecular flexibility index (Phi) is 6.16. The third-order valence-corrected chi connectivity index (χ3v) is 4.66. The Morgan fingerprint density at radius 1 is 1.38 bits per heavy atom. The second-order valence-electron chi connectivity index (χ2n) is 5.60. The first-order valence-electron chi connectivity index (χ1n) is 6.55. The number of aliphatic hydroxyl groups is 1. The smallest absolute Gasteiger partial charge is 0.0681 e. The molecular formula is C13H27NOS. The summed E-state index contributed by atoms with van der Waals surface area (Å²) in [4.78, 5) is 0. The van der Waals surface area contributed by atoms with Gasteiger partial charge in [0.1, 0.15) is 0 Å². The van der Waals surface area contributed by atoms with E-state index < -0.39 is 5.60 Å². The lowest BCUT2D eigenvalue weighted by Gasteiger charge is -2.17. The SMILES string of the molecule is CCC1CCC(NCCSCC(C)(C)O)C1. The highest BCUT2D eigenvalue weighted by Crippen LogP contribution is 2.27. The zero-order valence-electron chi connectivity index (χ0n) is 11.0. The Balaban J connectivity index is 1.96. The minimum Gasteiger partial charge on any atom is -0.390 e. The molecule has 3 heteroatoms. The van der Waals surface area contributed by atoms with E-state index in [4.69, 9.17) is 0 Å². The lowest BCUT2D eigenvalue weighted by molar-refractivity contribution is 0.107.